The molecule has 0 radical (unpaired) electrons. The third-order valence-corrected chi connectivity index (χ3v) is 3.20. The molecule has 4 nitrogen and oxygen atoms in total. The molecule has 1 heterocycles. The molecule has 3 rings (SSSR count). The lowest BCUT2D eigenvalue weighted by Gasteiger charge is -2.07. The molecule has 1 N–H and O–H groups in total. The number of hydrogen-bond acceptors (Lipinski definition) is 3. The second-order valence-electron chi connectivity index (χ2n) is 4.75. The van der Waals surface area contributed by atoms with Crippen molar-refractivity contribution < 1.29 is 5.11 Å². The fourth-order valence-corrected chi connectivity index (χ4v) is 2.10. The van der Waals surface area contributed by atoms with E-state index in [1.54, 1.807) is 30.3 Å². The minimum atomic E-state index is -0.138. The summed E-state index contributed by atoms with van der Waals surface area (Å²) >= 11 is 0. The Morgan fingerprint density at radius 3 is 2.33 bits per heavy atom. The maximum atomic E-state index is 11.9. The monoisotopic (exact) mass is 278 g/mol. The van der Waals surface area contributed by atoms with E-state index in [0.717, 1.165) is 11.1 Å². The van der Waals surface area contributed by atoms with E-state index >= 15 is 0 Å². The van der Waals surface area contributed by atoms with Crippen molar-refractivity contribution in [1.82, 2.24) is 9.78 Å². The SMILES string of the molecule is O=c1ccc(-c2ccc(O)cc2)nn1Cc1ccccc1. The first kappa shape index (κ1) is 13.1. The van der Waals surface area contributed by atoms with Gasteiger partial charge in [0.15, 0.2) is 0 Å². The molecule has 0 saturated heterocycles. The van der Waals surface area contributed by atoms with E-state index in [-0.39, 0.29) is 11.3 Å². The summed E-state index contributed by atoms with van der Waals surface area (Å²) in [5, 5.41) is 13.7. The molecule has 0 amide bonds. The minimum absolute atomic E-state index is 0.138. The van der Waals surface area contributed by atoms with Gasteiger partial charge in [-0.2, -0.15) is 5.10 Å². The second kappa shape index (κ2) is 5.63. The molecule has 0 fully saturated rings. The lowest BCUT2D eigenvalue weighted by Crippen LogP contribution is -2.22. The van der Waals surface area contributed by atoms with Crippen LogP contribution in [0.1, 0.15) is 5.56 Å². The number of benzene rings is 2. The van der Waals surface area contributed by atoms with Gasteiger partial charge in [0.2, 0.25) is 0 Å². The van der Waals surface area contributed by atoms with E-state index in [2.05, 4.69) is 5.10 Å². The van der Waals surface area contributed by atoms with Gasteiger partial charge in [-0.3, -0.25) is 4.79 Å². The van der Waals surface area contributed by atoms with Gasteiger partial charge < -0.3 is 5.11 Å². The number of hydrogen-bond donors (Lipinski definition) is 1. The highest BCUT2D eigenvalue weighted by atomic mass is 16.3. The maximum absolute atomic E-state index is 11.9. The van der Waals surface area contributed by atoms with Gasteiger partial charge in [0.05, 0.1) is 12.2 Å². The third-order valence-electron chi connectivity index (χ3n) is 3.20. The van der Waals surface area contributed by atoms with Crippen molar-refractivity contribution in [2.75, 3.05) is 0 Å². The summed E-state index contributed by atoms with van der Waals surface area (Å²) < 4.78 is 1.44. The topological polar surface area (TPSA) is 55.1 Å². The van der Waals surface area contributed by atoms with Crippen molar-refractivity contribution in [2.24, 2.45) is 0 Å². The van der Waals surface area contributed by atoms with Gasteiger partial charge >= 0.3 is 0 Å². The Labute approximate surface area is 121 Å². The van der Waals surface area contributed by atoms with Crippen molar-refractivity contribution in [3.63, 3.8) is 0 Å². The Kier molecular flexibility index (Phi) is 3.51. The van der Waals surface area contributed by atoms with Crippen LogP contribution >= 0.6 is 0 Å². The summed E-state index contributed by atoms with van der Waals surface area (Å²) in [7, 11) is 0. The number of phenols is 1. The molecule has 0 aliphatic carbocycles. The molecule has 2 aromatic carbocycles. The predicted octanol–water partition coefficient (Wildman–Crippen LogP) is 2.66. The van der Waals surface area contributed by atoms with E-state index in [0.29, 0.717) is 12.2 Å². The van der Waals surface area contributed by atoms with Crippen LogP contribution in [0.4, 0.5) is 0 Å². The highest BCUT2D eigenvalue weighted by Gasteiger charge is 2.04. The zero-order valence-corrected chi connectivity index (χ0v) is 11.3. The molecule has 0 bridgehead atoms. The molecule has 1 aromatic heterocycles. The molecular weight excluding hydrogens is 264 g/mol. The summed E-state index contributed by atoms with van der Waals surface area (Å²) in [6.45, 7) is 0.436. The average Bonchev–Trinajstić information content (AvgIpc) is 2.51. The Morgan fingerprint density at radius 2 is 1.62 bits per heavy atom. The highest BCUT2D eigenvalue weighted by Crippen LogP contribution is 2.18. The lowest BCUT2D eigenvalue weighted by molar-refractivity contribution is 0.475. The summed E-state index contributed by atoms with van der Waals surface area (Å²) in [5.41, 5.74) is 2.44. The number of nitrogens with zero attached hydrogens (tertiary/aromatic N) is 2. The number of aromatic hydroxyl groups is 1. The zero-order valence-electron chi connectivity index (χ0n) is 11.3. The van der Waals surface area contributed by atoms with E-state index in [9.17, 15) is 9.90 Å². The first-order chi connectivity index (χ1) is 10.2. The zero-order chi connectivity index (χ0) is 14.7. The largest absolute Gasteiger partial charge is 0.508 e. The molecule has 0 atom stereocenters. The van der Waals surface area contributed by atoms with Gasteiger partial charge in [-0.1, -0.05) is 30.3 Å². The first-order valence-corrected chi connectivity index (χ1v) is 6.64. The molecule has 0 saturated carbocycles. The summed E-state index contributed by atoms with van der Waals surface area (Å²) in [5.74, 6) is 0.205. The Hall–Kier alpha value is -2.88. The van der Waals surface area contributed by atoms with Crippen LogP contribution in [0.5, 0.6) is 5.75 Å². The van der Waals surface area contributed by atoms with Crippen molar-refractivity contribution in [3.05, 3.63) is 82.6 Å². The van der Waals surface area contributed by atoms with Gasteiger partial charge in [-0.25, -0.2) is 4.68 Å². The Morgan fingerprint density at radius 1 is 0.905 bits per heavy atom. The van der Waals surface area contributed by atoms with Crippen molar-refractivity contribution in [1.29, 1.82) is 0 Å². The van der Waals surface area contributed by atoms with Gasteiger partial charge in [0.1, 0.15) is 5.75 Å². The normalized spacial score (nSPS) is 10.5. The van der Waals surface area contributed by atoms with Gasteiger partial charge in [0, 0.05) is 11.6 Å². The van der Waals surface area contributed by atoms with Crippen LogP contribution in [0.25, 0.3) is 11.3 Å². The molecular formula is C17H14N2O2. The van der Waals surface area contributed by atoms with Crippen LogP contribution in [0.15, 0.2) is 71.5 Å². The summed E-state index contributed by atoms with van der Waals surface area (Å²) in [4.78, 5) is 11.9. The van der Waals surface area contributed by atoms with Gasteiger partial charge in [-0.15, -0.1) is 0 Å². The second-order valence-corrected chi connectivity index (χ2v) is 4.75. The van der Waals surface area contributed by atoms with E-state index in [1.807, 2.05) is 30.3 Å². The molecule has 21 heavy (non-hydrogen) atoms. The van der Waals surface area contributed by atoms with Crippen LogP contribution in [0.2, 0.25) is 0 Å². The Bertz CT molecular complexity index is 793. The van der Waals surface area contributed by atoms with Crippen LogP contribution in [0.3, 0.4) is 0 Å². The Balaban J connectivity index is 1.96. The molecule has 0 aliphatic rings. The maximum Gasteiger partial charge on any atom is 0.267 e. The average molecular weight is 278 g/mol. The number of aromatic nitrogens is 2. The first-order valence-electron chi connectivity index (χ1n) is 6.64. The fraction of sp³-hybridized carbons (Fsp3) is 0.0588. The molecule has 0 aliphatic heterocycles. The van der Waals surface area contributed by atoms with Crippen LogP contribution in [-0.4, -0.2) is 14.9 Å². The van der Waals surface area contributed by atoms with Crippen LogP contribution in [0, 0.1) is 0 Å². The molecule has 3 aromatic rings. The third kappa shape index (κ3) is 3.00. The van der Waals surface area contributed by atoms with Crippen LogP contribution < -0.4 is 5.56 Å². The van der Waals surface area contributed by atoms with Crippen molar-refractivity contribution >= 4 is 0 Å². The standard InChI is InChI=1S/C17H14N2O2/c20-15-8-6-14(7-9-15)16-10-11-17(21)19(18-16)12-13-4-2-1-3-5-13/h1-11,20H,12H2. The van der Waals surface area contributed by atoms with Crippen LogP contribution in [-0.2, 0) is 6.54 Å². The fourth-order valence-electron chi connectivity index (χ4n) is 2.10. The minimum Gasteiger partial charge on any atom is -0.508 e. The summed E-state index contributed by atoms with van der Waals surface area (Å²) in [6.07, 6.45) is 0. The van der Waals surface area contributed by atoms with E-state index in [1.165, 1.54) is 10.7 Å². The quantitative estimate of drug-likeness (QED) is 0.801. The lowest BCUT2D eigenvalue weighted by atomic mass is 10.1. The van der Waals surface area contributed by atoms with Crippen molar-refractivity contribution in [2.45, 2.75) is 6.54 Å². The number of rotatable bonds is 3. The highest BCUT2D eigenvalue weighted by molar-refractivity contribution is 5.59. The summed E-state index contributed by atoms with van der Waals surface area (Å²) in [6, 6.07) is 19.7. The molecule has 0 spiro atoms. The predicted molar refractivity (Wildman–Crippen MR) is 81.1 cm³/mol. The molecule has 4 heteroatoms. The molecule has 104 valence electrons. The smallest absolute Gasteiger partial charge is 0.267 e. The molecule has 0 unspecified atom stereocenters. The van der Waals surface area contributed by atoms with Crippen molar-refractivity contribution in [3.8, 4) is 17.0 Å². The van der Waals surface area contributed by atoms with E-state index < -0.39 is 0 Å². The van der Waals surface area contributed by atoms with Gasteiger partial charge in [-0.05, 0) is 35.9 Å². The number of phenolic OH excluding ortho intramolecular Hbond substituents is 1. The van der Waals surface area contributed by atoms with E-state index in [4.69, 9.17) is 0 Å². The van der Waals surface area contributed by atoms with Gasteiger partial charge in [0.25, 0.3) is 5.56 Å².